The molecule has 7 N–H and O–H groups in total. The predicted octanol–water partition coefficient (Wildman–Crippen LogP) is 6.83. The van der Waals surface area contributed by atoms with E-state index in [-0.39, 0.29) is 25.2 Å². The average molecular weight is 895 g/mol. The maximum atomic E-state index is 12.8. The summed E-state index contributed by atoms with van der Waals surface area (Å²) < 4.78 is 47.7. The SMILES string of the molecule is CC/C=C\C/C=C\C/C=C\CCCCCCCC(=O)OC[C@H](COP(=O)(O)OC[C@@H](O)COP(=O)(O)O)OC(=O)C/C=C\C[C@H]1[C@@H](/C=C/[C@H](O)CCCCC)[C@H](O)C[C@@H]1O. The zero-order valence-corrected chi connectivity index (χ0v) is 37.2. The van der Waals surface area contributed by atoms with E-state index < -0.39 is 90.4 Å². The summed E-state index contributed by atoms with van der Waals surface area (Å²) >= 11 is 0. The molecular weight excluding hydrogens is 822 g/mol. The number of unbranched alkanes of at least 4 members (excludes halogenated alkanes) is 7. The maximum Gasteiger partial charge on any atom is 0.472 e. The van der Waals surface area contributed by atoms with Gasteiger partial charge in [0, 0.05) is 18.8 Å². The second-order valence-electron chi connectivity index (χ2n) is 14.9. The summed E-state index contributed by atoms with van der Waals surface area (Å²) in [7, 11) is -9.81. The van der Waals surface area contributed by atoms with Crippen LogP contribution in [0.3, 0.4) is 0 Å². The molecule has 0 heterocycles. The van der Waals surface area contributed by atoms with Crippen LogP contribution in [0.5, 0.6) is 0 Å². The van der Waals surface area contributed by atoms with Gasteiger partial charge in [0.1, 0.15) is 12.7 Å². The molecule has 346 valence electrons. The fourth-order valence-electron chi connectivity index (χ4n) is 6.22. The standard InChI is InChI=1S/C42H72O16P2/c1-3-5-7-8-9-10-11-12-13-14-15-16-17-18-20-25-41(47)54-32-36(33-57-60(52,53)56-31-35(44)30-55-59(49,50)51)58-42(48)26-22-21-24-37-38(40(46)29-39(37)45)28-27-34(43)23-19-6-4-2/h5,7,9-10,12-13,21-22,27-28,34-40,43-46H,3-4,6,8,11,14-20,23-26,29-33H2,1-2H3,(H,52,53)(H2,49,50,51)/b7-5-,10-9-,13-12-,22-21-,28-27+/t34-,35+,36-,37+,38-,39+,40-/m1/s1. The molecule has 8 atom stereocenters. The topological polar surface area (TPSA) is 256 Å². The van der Waals surface area contributed by atoms with Gasteiger partial charge in [0.15, 0.2) is 6.10 Å². The number of carbonyl (C=O) groups excluding carboxylic acids is 2. The number of aliphatic hydroxyl groups excluding tert-OH is 4. The first-order chi connectivity index (χ1) is 28.6. The Labute approximate surface area is 356 Å². The molecule has 0 aromatic heterocycles. The van der Waals surface area contributed by atoms with Gasteiger partial charge in [-0.25, -0.2) is 9.13 Å². The monoisotopic (exact) mass is 894 g/mol. The molecule has 0 aromatic rings. The molecule has 0 amide bonds. The zero-order chi connectivity index (χ0) is 44.7. The molecule has 1 saturated carbocycles. The van der Waals surface area contributed by atoms with Gasteiger partial charge in [0.05, 0.1) is 44.6 Å². The van der Waals surface area contributed by atoms with Crippen molar-refractivity contribution in [3.05, 3.63) is 60.8 Å². The van der Waals surface area contributed by atoms with Crippen molar-refractivity contribution in [3.8, 4) is 0 Å². The van der Waals surface area contributed by atoms with E-state index >= 15 is 0 Å². The highest BCUT2D eigenvalue weighted by Crippen LogP contribution is 2.44. The summed E-state index contributed by atoms with van der Waals surface area (Å²) in [6.45, 7) is 1.13. The average Bonchev–Trinajstić information content (AvgIpc) is 3.46. The van der Waals surface area contributed by atoms with Crippen LogP contribution < -0.4 is 0 Å². The van der Waals surface area contributed by atoms with Crippen LogP contribution in [0, 0.1) is 11.8 Å². The predicted molar refractivity (Wildman–Crippen MR) is 227 cm³/mol. The Morgan fingerprint density at radius 2 is 1.37 bits per heavy atom. The number of phosphoric ester groups is 2. The Morgan fingerprint density at radius 3 is 2.07 bits per heavy atom. The van der Waals surface area contributed by atoms with Gasteiger partial charge in [0.25, 0.3) is 0 Å². The molecule has 0 radical (unpaired) electrons. The minimum Gasteiger partial charge on any atom is -0.462 e. The van der Waals surface area contributed by atoms with Crippen molar-refractivity contribution < 1.29 is 76.9 Å². The van der Waals surface area contributed by atoms with Crippen molar-refractivity contribution in [1.29, 1.82) is 0 Å². The molecule has 1 aliphatic carbocycles. The third-order valence-corrected chi connectivity index (χ3v) is 10.9. The summed E-state index contributed by atoms with van der Waals surface area (Å²) in [5.74, 6) is -2.11. The number of hydrogen-bond donors (Lipinski definition) is 7. The van der Waals surface area contributed by atoms with Gasteiger partial charge in [-0.05, 0) is 57.3 Å². The van der Waals surface area contributed by atoms with Gasteiger partial charge in [-0.2, -0.15) is 0 Å². The smallest absolute Gasteiger partial charge is 0.462 e. The highest BCUT2D eigenvalue weighted by molar-refractivity contribution is 7.47. The molecule has 0 saturated heterocycles. The number of hydrogen-bond acceptors (Lipinski definition) is 13. The van der Waals surface area contributed by atoms with Crippen LogP contribution in [-0.2, 0) is 41.8 Å². The molecule has 60 heavy (non-hydrogen) atoms. The van der Waals surface area contributed by atoms with E-state index in [1.807, 2.05) is 0 Å². The molecule has 16 nitrogen and oxygen atoms in total. The van der Waals surface area contributed by atoms with Crippen LogP contribution in [-0.4, -0.2) is 104 Å². The van der Waals surface area contributed by atoms with Gasteiger partial charge in [-0.3, -0.25) is 23.2 Å². The van der Waals surface area contributed by atoms with Crippen molar-refractivity contribution in [3.63, 3.8) is 0 Å². The van der Waals surface area contributed by atoms with E-state index in [1.54, 1.807) is 18.2 Å². The molecule has 1 aliphatic rings. The van der Waals surface area contributed by atoms with Crippen molar-refractivity contribution >= 4 is 27.6 Å². The first kappa shape index (κ1) is 55.7. The number of ether oxygens (including phenoxy) is 2. The van der Waals surface area contributed by atoms with E-state index in [1.165, 1.54) is 6.08 Å². The lowest BCUT2D eigenvalue weighted by Gasteiger charge is -2.20. The Hall–Kier alpha value is -2.30. The molecule has 1 rings (SSSR count). The number of rotatable bonds is 35. The minimum atomic E-state index is -4.91. The van der Waals surface area contributed by atoms with Crippen LogP contribution >= 0.6 is 15.6 Å². The summed E-state index contributed by atoms with van der Waals surface area (Å²) in [4.78, 5) is 52.9. The van der Waals surface area contributed by atoms with Gasteiger partial charge in [-0.15, -0.1) is 0 Å². The fraction of sp³-hybridized carbons (Fsp3) is 0.714. The minimum absolute atomic E-state index is 0.107. The number of esters is 2. The number of phosphoric acid groups is 2. The van der Waals surface area contributed by atoms with Crippen molar-refractivity contribution in [2.45, 2.75) is 154 Å². The summed E-state index contributed by atoms with van der Waals surface area (Å²) in [6, 6.07) is 0. The second kappa shape index (κ2) is 33.3. The van der Waals surface area contributed by atoms with Gasteiger partial charge in [-0.1, -0.05) is 113 Å². The Balaban J connectivity index is 2.66. The number of allylic oxidation sites excluding steroid dienone is 7. The molecule has 18 heteroatoms. The highest BCUT2D eigenvalue weighted by Gasteiger charge is 2.39. The first-order valence-electron chi connectivity index (χ1n) is 21.2. The zero-order valence-electron chi connectivity index (χ0n) is 35.4. The van der Waals surface area contributed by atoms with E-state index in [0.717, 1.165) is 70.6 Å². The first-order valence-corrected chi connectivity index (χ1v) is 24.3. The van der Waals surface area contributed by atoms with Crippen molar-refractivity contribution in [1.82, 2.24) is 0 Å². The number of carbonyl (C=O) groups is 2. The third-order valence-electron chi connectivity index (χ3n) is 9.48. The summed E-state index contributed by atoms with van der Waals surface area (Å²) in [5, 5.41) is 41.1. The second-order valence-corrected chi connectivity index (χ2v) is 17.6. The third kappa shape index (κ3) is 29.9. The van der Waals surface area contributed by atoms with E-state index in [2.05, 4.69) is 59.4 Å². The number of aliphatic hydroxyl groups is 4. The molecule has 0 aromatic carbocycles. The Kier molecular flexibility index (Phi) is 30.9. The van der Waals surface area contributed by atoms with Crippen LogP contribution in [0.15, 0.2) is 60.8 Å². The lowest BCUT2D eigenvalue weighted by molar-refractivity contribution is -0.160. The quantitative estimate of drug-likeness (QED) is 0.0149. The van der Waals surface area contributed by atoms with Crippen LogP contribution in [0.4, 0.5) is 0 Å². The van der Waals surface area contributed by atoms with Crippen molar-refractivity contribution in [2.75, 3.05) is 26.4 Å². The summed E-state index contributed by atoms with van der Waals surface area (Å²) in [6.07, 6.45) is 26.4. The Morgan fingerprint density at radius 1 is 0.717 bits per heavy atom. The van der Waals surface area contributed by atoms with Crippen LogP contribution in [0.2, 0.25) is 0 Å². The lowest BCUT2D eigenvalue weighted by Crippen LogP contribution is -2.29. The van der Waals surface area contributed by atoms with E-state index in [0.29, 0.717) is 19.3 Å². The van der Waals surface area contributed by atoms with E-state index in [9.17, 15) is 44.0 Å². The van der Waals surface area contributed by atoms with Gasteiger partial charge < -0.3 is 44.6 Å². The molecule has 0 bridgehead atoms. The lowest BCUT2D eigenvalue weighted by atomic mass is 9.89. The highest BCUT2D eigenvalue weighted by atomic mass is 31.2. The molecule has 0 aliphatic heterocycles. The molecule has 0 spiro atoms. The summed E-state index contributed by atoms with van der Waals surface area (Å²) in [5.41, 5.74) is 0. The molecule has 1 unspecified atom stereocenters. The largest absolute Gasteiger partial charge is 0.472 e. The van der Waals surface area contributed by atoms with Crippen molar-refractivity contribution in [2.24, 2.45) is 11.8 Å². The Bertz CT molecular complexity index is 1410. The van der Waals surface area contributed by atoms with Crippen LogP contribution in [0.1, 0.15) is 123 Å². The molecule has 1 fully saturated rings. The van der Waals surface area contributed by atoms with Gasteiger partial charge in [0.2, 0.25) is 0 Å². The maximum absolute atomic E-state index is 12.8. The van der Waals surface area contributed by atoms with Crippen LogP contribution in [0.25, 0.3) is 0 Å². The molecular formula is C42H72O16P2. The van der Waals surface area contributed by atoms with E-state index in [4.69, 9.17) is 23.8 Å². The van der Waals surface area contributed by atoms with Gasteiger partial charge >= 0.3 is 27.6 Å². The fourth-order valence-corrected chi connectivity index (χ4v) is 7.37. The normalized spacial score (nSPS) is 21.4.